The number of urea groups is 1. The summed E-state index contributed by atoms with van der Waals surface area (Å²) < 4.78 is 1.96. The SMILES string of the molecule is CCC(C)c1ccc(N2C(=O)NC(=O)/C(=C\c3cccn3Cc3ccc(C)cc3)C2=O)cc1. The highest BCUT2D eigenvalue weighted by molar-refractivity contribution is 6.39. The number of aryl methyl sites for hydroxylation is 1. The van der Waals surface area contributed by atoms with Gasteiger partial charge in [-0.3, -0.25) is 14.9 Å². The lowest BCUT2D eigenvalue weighted by atomic mass is 9.98. The minimum absolute atomic E-state index is 0.0792. The monoisotopic (exact) mass is 441 g/mol. The average molecular weight is 442 g/mol. The first-order chi connectivity index (χ1) is 15.9. The Morgan fingerprint density at radius 3 is 2.33 bits per heavy atom. The zero-order valence-electron chi connectivity index (χ0n) is 19.0. The van der Waals surface area contributed by atoms with Crippen molar-refractivity contribution in [3.63, 3.8) is 0 Å². The van der Waals surface area contributed by atoms with E-state index in [9.17, 15) is 14.4 Å². The van der Waals surface area contributed by atoms with Crippen molar-refractivity contribution in [1.29, 1.82) is 0 Å². The number of hydrogen-bond donors (Lipinski definition) is 1. The number of imide groups is 2. The maximum Gasteiger partial charge on any atom is 0.335 e. The van der Waals surface area contributed by atoms with Crippen LogP contribution < -0.4 is 10.2 Å². The second-order valence-electron chi connectivity index (χ2n) is 8.41. The zero-order chi connectivity index (χ0) is 23.5. The van der Waals surface area contributed by atoms with Gasteiger partial charge in [-0.15, -0.1) is 0 Å². The van der Waals surface area contributed by atoms with Crippen molar-refractivity contribution in [2.24, 2.45) is 0 Å². The van der Waals surface area contributed by atoms with Crippen LogP contribution >= 0.6 is 0 Å². The van der Waals surface area contributed by atoms with Gasteiger partial charge in [0.15, 0.2) is 0 Å². The molecule has 4 rings (SSSR count). The average Bonchev–Trinajstić information content (AvgIpc) is 3.24. The molecule has 1 aromatic heterocycles. The fraction of sp³-hybridized carbons (Fsp3) is 0.222. The number of amides is 4. The number of carbonyl (C=O) groups is 3. The predicted octanol–water partition coefficient (Wildman–Crippen LogP) is 5.02. The normalized spacial score (nSPS) is 16.3. The molecule has 1 N–H and O–H groups in total. The topological polar surface area (TPSA) is 71.4 Å². The van der Waals surface area contributed by atoms with Crippen LogP contribution in [0.2, 0.25) is 0 Å². The van der Waals surface area contributed by atoms with E-state index in [1.54, 1.807) is 18.2 Å². The molecule has 2 aromatic carbocycles. The predicted molar refractivity (Wildman–Crippen MR) is 129 cm³/mol. The molecule has 1 aliphatic heterocycles. The van der Waals surface area contributed by atoms with Crippen molar-refractivity contribution in [2.75, 3.05) is 4.90 Å². The van der Waals surface area contributed by atoms with Crippen LogP contribution in [-0.2, 0) is 16.1 Å². The lowest BCUT2D eigenvalue weighted by Gasteiger charge is -2.26. The number of nitrogens with zero attached hydrogens (tertiary/aromatic N) is 2. The van der Waals surface area contributed by atoms with Crippen molar-refractivity contribution in [1.82, 2.24) is 9.88 Å². The van der Waals surface area contributed by atoms with Crippen LogP contribution in [0.15, 0.2) is 72.4 Å². The van der Waals surface area contributed by atoms with Crippen LogP contribution in [0.3, 0.4) is 0 Å². The van der Waals surface area contributed by atoms with Crippen LogP contribution in [0, 0.1) is 6.92 Å². The van der Waals surface area contributed by atoms with E-state index < -0.39 is 17.8 Å². The molecule has 0 radical (unpaired) electrons. The maximum absolute atomic E-state index is 13.2. The van der Waals surface area contributed by atoms with E-state index in [4.69, 9.17) is 0 Å². The van der Waals surface area contributed by atoms with Gasteiger partial charge in [0.05, 0.1) is 5.69 Å². The molecule has 6 nitrogen and oxygen atoms in total. The summed E-state index contributed by atoms with van der Waals surface area (Å²) in [6.07, 6.45) is 4.43. The molecule has 3 aromatic rings. The minimum Gasteiger partial charge on any atom is -0.344 e. The van der Waals surface area contributed by atoms with Gasteiger partial charge in [-0.05, 0) is 60.7 Å². The molecule has 1 atom stereocenters. The van der Waals surface area contributed by atoms with Crippen LogP contribution in [0.1, 0.15) is 48.6 Å². The fourth-order valence-corrected chi connectivity index (χ4v) is 3.82. The van der Waals surface area contributed by atoms with E-state index in [0.29, 0.717) is 23.8 Å². The third-order valence-electron chi connectivity index (χ3n) is 6.06. The fourth-order valence-electron chi connectivity index (χ4n) is 3.82. The third-order valence-corrected chi connectivity index (χ3v) is 6.06. The number of rotatable bonds is 6. The number of barbiturate groups is 1. The molecule has 0 saturated carbocycles. The van der Waals surface area contributed by atoms with Crippen LogP contribution in [0.25, 0.3) is 6.08 Å². The number of hydrogen-bond acceptors (Lipinski definition) is 3. The van der Waals surface area contributed by atoms with Gasteiger partial charge in [-0.2, -0.15) is 0 Å². The van der Waals surface area contributed by atoms with Crippen LogP contribution in [0.4, 0.5) is 10.5 Å². The highest BCUT2D eigenvalue weighted by Crippen LogP contribution is 2.26. The summed E-state index contributed by atoms with van der Waals surface area (Å²) in [6.45, 7) is 6.87. The quantitative estimate of drug-likeness (QED) is 0.431. The molecular weight excluding hydrogens is 414 g/mol. The van der Waals surface area contributed by atoms with E-state index in [0.717, 1.165) is 22.4 Å². The second-order valence-corrected chi connectivity index (χ2v) is 8.41. The first-order valence-electron chi connectivity index (χ1n) is 11.1. The molecule has 1 saturated heterocycles. The summed E-state index contributed by atoms with van der Waals surface area (Å²) >= 11 is 0. The van der Waals surface area contributed by atoms with Gasteiger partial charge in [-0.1, -0.05) is 55.8 Å². The summed E-state index contributed by atoms with van der Waals surface area (Å²) in [6, 6.07) is 18.5. The molecule has 6 heteroatoms. The number of aromatic nitrogens is 1. The molecule has 0 spiro atoms. The van der Waals surface area contributed by atoms with Gasteiger partial charge in [0.25, 0.3) is 11.8 Å². The van der Waals surface area contributed by atoms with Gasteiger partial charge < -0.3 is 4.57 Å². The Balaban J connectivity index is 1.62. The Hall–Kier alpha value is -3.93. The largest absolute Gasteiger partial charge is 0.344 e. The smallest absolute Gasteiger partial charge is 0.335 e. The lowest BCUT2D eigenvalue weighted by molar-refractivity contribution is -0.122. The highest BCUT2D eigenvalue weighted by Gasteiger charge is 2.37. The lowest BCUT2D eigenvalue weighted by Crippen LogP contribution is -2.54. The highest BCUT2D eigenvalue weighted by atomic mass is 16.2. The summed E-state index contributed by atoms with van der Waals surface area (Å²) in [5.74, 6) is -0.952. The summed E-state index contributed by atoms with van der Waals surface area (Å²) in [4.78, 5) is 39.3. The van der Waals surface area contributed by atoms with E-state index >= 15 is 0 Å². The van der Waals surface area contributed by atoms with E-state index in [2.05, 4.69) is 19.2 Å². The van der Waals surface area contributed by atoms with Gasteiger partial charge in [0.1, 0.15) is 5.57 Å². The third kappa shape index (κ3) is 4.65. The molecular formula is C27H27N3O3. The van der Waals surface area contributed by atoms with Crippen molar-refractivity contribution >= 4 is 29.6 Å². The first-order valence-corrected chi connectivity index (χ1v) is 11.1. The van der Waals surface area contributed by atoms with E-state index in [-0.39, 0.29) is 5.57 Å². The van der Waals surface area contributed by atoms with Crippen molar-refractivity contribution in [3.05, 3.63) is 94.8 Å². The molecule has 168 valence electrons. The van der Waals surface area contributed by atoms with Crippen molar-refractivity contribution < 1.29 is 14.4 Å². The Morgan fingerprint density at radius 1 is 0.970 bits per heavy atom. The van der Waals surface area contributed by atoms with Gasteiger partial charge in [0, 0.05) is 18.4 Å². The molecule has 1 unspecified atom stereocenters. The molecule has 0 bridgehead atoms. The molecule has 2 heterocycles. The first kappa shape index (κ1) is 22.3. The van der Waals surface area contributed by atoms with Gasteiger partial charge in [-0.25, -0.2) is 9.69 Å². The number of anilines is 1. The standard InChI is InChI=1S/C27H27N3O3/c1-4-19(3)21-11-13-22(14-12-21)30-26(32)24(25(31)28-27(30)33)16-23-6-5-15-29(23)17-20-9-7-18(2)8-10-20/h5-16,19H,4,17H2,1-3H3,(H,28,31,33)/b24-16+. The number of benzene rings is 2. The van der Waals surface area contributed by atoms with Crippen LogP contribution in [-0.4, -0.2) is 22.4 Å². The molecule has 1 aliphatic rings. The van der Waals surface area contributed by atoms with Crippen molar-refractivity contribution in [2.45, 2.75) is 39.7 Å². The Labute approximate surface area is 193 Å². The zero-order valence-corrected chi connectivity index (χ0v) is 19.0. The number of nitrogens with one attached hydrogen (secondary N) is 1. The number of carbonyl (C=O) groups excluding carboxylic acids is 3. The Morgan fingerprint density at radius 2 is 1.67 bits per heavy atom. The molecule has 4 amide bonds. The molecule has 33 heavy (non-hydrogen) atoms. The maximum atomic E-state index is 13.2. The summed E-state index contributed by atoms with van der Waals surface area (Å²) in [5, 5.41) is 2.29. The Bertz CT molecular complexity index is 1220. The van der Waals surface area contributed by atoms with E-state index in [1.165, 1.54) is 5.56 Å². The Kier molecular flexibility index (Phi) is 6.27. The van der Waals surface area contributed by atoms with Crippen molar-refractivity contribution in [3.8, 4) is 0 Å². The second kappa shape index (κ2) is 9.28. The van der Waals surface area contributed by atoms with Gasteiger partial charge in [0.2, 0.25) is 0 Å². The molecule has 1 fully saturated rings. The van der Waals surface area contributed by atoms with Gasteiger partial charge >= 0.3 is 6.03 Å². The van der Waals surface area contributed by atoms with Crippen LogP contribution in [0.5, 0.6) is 0 Å². The summed E-state index contributed by atoms with van der Waals surface area (Å²) in [7, 11) is 0. The minimum atomic E-state index is -0.742. The van der Waals surface area contributed by atoms with E-state index in [1.807, 2.05) is 66.2 Å². The molecule has 0 aliphatic carbocycles. The summed E-state index contributed by atoms with van der Waals surface area (Å²) in [5.41, 5.74) is 4.47.